The lowest BCUT2D eigenvalue weighted by Gasteiger charge is -2.22. The third kappa shape index (κ3) is 6.73. The van der Waals surface area contributed by atoms with Gasteiger partial charge in [-0.3, -0.25) is 9.10 Å². The van der Waals surface area contributed by atoms with Gasteiger partial charge in [0.2, 0.25) is 15.9 Å². The van der Waals surface area contributed by atoms with Crippen LogP contribution in [-0.4, -0.2) is 40.3 Å². The van der Waals surface area contributed by atoms with E-state index in [0.29, 0.717) is 0 Å². The van der Waals surface area contributed by atoms with E-state index >= 15 is 0 Å². The van der Waals surface area contributed by atoms with Crippen LogP contribution < -0.4 is 14.4 Å². The summed E-state index contributed by atoms with van der Waals surface area (Å²) >= 11 is 6.08. The Labute approximate surface area is 171 Å². The van der Waals surface area contributed by atoms with Crippen molar-refractivity contribution in [2.24, 2.45) is 0 Å². The van der Waals surface area contributed by atoms with Crippen molar-refractivity contribution >= 4 is 33.2 Å². The summed E-state index contributed by atoms with van der Waals surface area (Å²) in [4.78, 5) is 12.2. The van der Waals surface area contributed by atoms with Crippen LogP contribution in [0.1, 0.15) is 18.9 Å². The van der Waals surface area contributed by atoms with Crippen molar-refractivity contribution in [3.8, 4) is 5.75 Å². The maximum atomic E-state index is 12.2. The fraction of sp³-hybridized carbons (Fsp3) is 0.350. The van der Waals surface area contributed by atoms with Gasteiger partial charge in [-0.1, -0.05) is 49.2 Å². The molecule has 0 aliphatic carbocycles. The van der Waals surface area contributed by atoms with Gasteiger partial charge in [0.05, 0.1) is 23.5 Å². The minimum Gasteiger partial charge on any atom is -0.492 e. The molecule has 1 N–H and O–H groups in total. The van der Waals surface area contributed by atoms with Gasteiger partial charge in [0, 0.05) is 0 Å². The number of hydrogen-bond donors (Lipinski definition) is 1. The van der Waals surface area contributed by atoms with E-state index in [1.807, 2.05) is 24.3 Å². The first-order chi connectivity index (χ1) is 13.3. The quantitative estimate of drug-likeness (QED) is 0.594. The molecule has 0 heterocycles. The fourth-order valence-electron chi connectivity index (χ4n) is 2.62. The normalized spacial score (nSPS) is 11.1. The number of nitrogens with one attached hydrogen (secondary N) is 1. The highest BCUT2D eigenvalue weighted by molar-refractivity contribution is 7.92. The Morgan fingerprint density at radius 1 is 1.14 bits per heavy atom. The van der Waals surface area contributed by atoms with Gasteiger partial charge in [-0.2, -0.15) is 0 Å². The molecule has 0 aliphatic heterocycles. The van der Waals surface area contributed by atoms with E-state index in [4.69, 9.17) is 16.3 Å². The number of halogens is 1. The molecule has 28 heavy (non-hydrogen) atoms. The summed E-state index contributed by atoms with van der Waals surface area (Å²) < 4.78 is 30.7. The van der Waals surface area contributed by atoms with E-state index in [-0.39, 0.29) is 30.4 Å². The number of ether oxygens (including phenoxy) is 1. The lowest BCUT2D eigenvalue weighted by Crippen LogP contribution is -2.41. The molecule has 6 nitrogen and oxygen atoms in total. The van der Waals surface area contributed by atoms with E-state index in [1.54, 1.807) is 24.3 Å². The zero-order valence-electron chi connectivity index (χ0n) is 16.0. The molecule has 0 bridgehead atoms. The average molecular weight is 425 g/mol. The topological polar surface area (TPSA) is 75.7 Å². The van der Waals surface area contributed by atoms with Gasteiger partial charge in [-0.05, 0) is 36.2 Å². The van der Waals surface area contributed by atoms with Crippen LogP contribution in [0.3, 0.4) is 0 Å². The Morgan fingerprint density at radius 2 is 1.82 bits per heavy atom. The molecule has 0 fully saturated rings. The molecule has 0 saturated heterocycles. The molecule has 1 amide bonds. The number of nitrogens with zero attached hydrogens (tertiary/aromatic N) is 1. The van der Waals surface area contributed by atoms with Gasteiger partial charge in [0.25, 0.3) is 0 Å². The molecule has 0 atom stereocenters. The van der Waals surface area contributed by atoms with Crippen molar-refractivity contribution in [2.75, 3.05) is 30.3 Å². The van der Waals surface area contributed by atoms with Gasteiger partial charge in [-0.25, -0.2) is 8.42 Å². The third-order valence-corrected chi connectivity index (χ3v) is 5.41. The Bertz CT molecular complexity index is 885. The van der Waals surface area contributed by atoms with E-state index in [0.717, 1.165) is 29.2 Å². The van der Waals surface area contributed by atoms with Crippen LogP contribution in [0.2, 0.25) is 5.02 Å². The van der Waals surface area contributed by atoms with Gasteiger partial charge in [0.1, 0.15) is 18.9 Å². The van der Waals surface area contributed by atoms with Crippen molar-refractivity contribution in [1.82, 2.24) is 5.32 Å². The summed E-state index contributed by atoms with van der Waals surface area (Å²) in [7, 11) is -3.66. The van der Waals surface area contributed by atoms with Crippen LogP contribution in [0.5, 0.6) is 5.75 Å². The highest BCUT2D eigenvalue weighted by atomic mass is 35.5. The monoisotopic (exact) mass is 424 g/mol. The van der Waals surface area contributed by atoms with Crippen molar-refractivity contribution < 1.29 is 17.9 Å². The first-order valence-electron chi connectivity index (χ1n) is 9.02. The molecule has 152 valence electrons. The number of rotatable bonds is 10. The fourth-order valence-corrected chi connectivity index (χ4v) is 3.78. The Balaban J connectivity index is 1.85. The average Bonchev–Trinajstić information content (AvgIpc) is 2.65. The standard InChI is InChI=1S/C20H25ClN2O4S/c1-3-6-16-9-11-17(12-10-16)27-14-13-22-20(24)15-23(28(2,25)26)19-8-5-4-7-18(19)21/h4-5,7-12H,3,6,13-15H2,1-2H3,(H,22,24). The highest BCUT2D eigenvalue weighted by Gasteiger charge is 2.22. The summed E-state index contributed by atoms with van der Waals surface area (Å²) in [5.41, 5.74) is 1.52. The molecule has 0 saturated carbocycles. The summed E-state index contributed by atoms with van der Waals surface area (Å²) in [6, 6.07) is 14.3. The van der Waals surface area contributed by atoms with Gasteiger partial charge in [-0.15, -0.1) is 0 Å². The molecular weight excluding hydrogens is 400 g/mol. The number of carbonyl (C=O) groups excluding carboxylic acids is 1. The molecule has 0 aliphatic rings. The van der Waals surface area contributed by atoms with Crippen LogP contribution in [0.15, 0.2) is 48.5 Å². The van der Waals surface area contributed by atoms with Crippen molar-refractivity contribution in [3.63, 3.8) is 0 Å². The van der Waals surface area contributed by atoms with Crippen LogP contribution in [-0.2, 0) is 21.2 Å². The predicted octanol–water partition coefficient (Wildman–Crippen LogP) is 3.25. The van der Waals surface area contributed by atoms with E-state index in [9.17, 15) is 13.2 Å². The van der Waals surface area contributed by atoms with Crippen molar-refractivity contribution in [1.29, 1.82) is 0 Å². The summed E-state index contributed by atoms with van der Waals surface area (Å²) in [6.07, 6.45) is 3.15. The smallest absolute Gasteiger partial charge is 0.240 e. The molecular formula is C20H25ClN2O4S. The molecule has 8 heteroatoms. The maximum Gasteiger partial charge on any atom is 0.240 e. The molecule has 2 aromatic carbocycles. The minimum atomic E-state index is -3.66. The highest BCUT2D eigenvalue weighted by Crippen LogP contribution is 2.26. The lowest BCUT2D eigenvalue weighted by atomic mass is 10.1. The third-order valence-electron chi connectivity index (χ3n) is 3.96. The molecule has 2 rings (SSSR count). The number of hydrogen-bond acceptors (Lipinski definition) is 4. The van der Waals surface area contributed by atoms with Crippen LogP contribution in [0.4, 0.5) is 5.69 Å². The number of aryl methyl sites for hydroxylation is 1. The number of benzene rings is 2. The largest absolute Gasteiger partial charge is 0.492 e. The summed E-state index contributed by atoms with van der Waals surface area (Å²) in [6.45, 7) is 2.32. The Morgan fingerprint density at radius 3 is 2.43 bits per heavy atom. The maximum absolute atomic E-state index is 12.2. The molecule has 0 radical (unpaired) electrons. The molecule has 2 aromatic rings. The second kappa shape index (κ2) is 10.3. The second-order valence-electron chi connectivity index (χ2n) is 6.31. The van der Waals surface area contributed by atoms with E-state index < -0.39 is 15.9 Å². The Kier molecular flexibility index (Phi) is 8.14. The minimum absolute atomic E-state index is 0.260. The van der Waals surface area contributed by atoms with Gasteiger partial charge in [0.15, 0.2) is 0 Å². The number of para-hydroxylation sites is 1. The van der Waals surface area contributed by atoms with E-state index in [2.05, 4.69) is 12.2 Å². The number of amides is 1. The molecule has 0 aromatic heterocycles. The molecule has 0 unspecified atom stereocenters. The molecule has 0 spiro atoms. The number of carbonyl (C=O) groups is 1. The first-order valence-corrected chi connectivity index (χ1v) is 11.2. The summed E-state index contributed by atoms with van der Waals surface area (Å²) in [5, 5.41) is 2.92. The number of anilines is 1. The lowest BCUT2D eigenvalue weighted by molar-refractivity contribution is -0.119. The zero-order chi connectivity index (χ0) is 20.6. The van der Waals surface area contributed by atoms with Gasteiger partial charge >= 0.3 is 0 Å². The number of sulfonamides is 1. The predicted molar refractivity (Wildman–Crippen MR) is 113 cm³/mol. The zero-order valence-corrected chi connectivity index (χ0v) is 17.6. The second-order valence-corrected chi connectivity index (χ2v) is 8.63. The summed E-state index contributed by atoms with van der Waals surface area (Å²) in [5.74, 6) is 0.287. The van der Waals surface area contributed by atoms with Gasteiger partial charge < -0.3 is 10.1 Å². The van der Waals surface area contributed by atoms with Crippen LogP contribution >= 0.6 is 11.6 Å². The van der Waals surface area contributed by atoms with Crippen LogP contribution in [0.25, 0.3) is 0 Å². The SMILES string of the molecule is CCCc1ccc(OCCNC(=O)CN(c2ccccc2Cl)S(C)(=O)=O)cc1. The first kappa shape index (κ1) is 22.0. The van der Waals surface area contributed by atoms with Crippen molar-refractivity contribution in [3.05, 3.63) is 59.1 Å². The van der Waals surface area contributed by atoms with E-state index in [1.165, 1.54) is 5.56 Å². The van der Waals surface area contributed by atoms with Crippen LogP contribution in [0, 0.1) is 0 Å². The Hall–Kier alpha value is -2.25. The van der Waals surface area contributed by atoms with Crippen molar-refractivity contribution in [2.45, 2.75) is 19.8 Å².